The molecule has 0 radical (unpaired) electrons. The van der Waals surface area contributed by atoms with Gasteiger partial charge in [0.2, 0.25) is 6.73 Å². The number of alkyl halides is 10. The third-order valence-corrected chi connectivity index (χ3v) is 7.74. The fourth-order valence-corrected chi connectivity index (χ4v) is 5.15. The SMILES string of the molecule is C=C(C)C(=O)OC[N+](CCC)(CCC)CCC.O=S(=O)([N-]S(=O)(=O)C(F)(F)C(F)(F)F)C(F)(F)C(F)(F)F. The van der Waals surface area contributed by atoms with Gasteiger partial charge in [0.1, 0.15) is 0 Å². The number of sulfonamides is 2. The quantitative estimate of drug-likeness (QED) is 0.0890. The Hall–Kier alpha value is -1.67. The van der Waals surface area contributed by atoms with Crippen molar-refractivity contribution >= 4 is 26.0 Å². The van der Waals surface area contributed by atoms with E-state index in [1.807, 2.05) is 0 Å². The van der Waals surface area contributed by atoms with Crippen molar-refractivity contribution in [1.29, 1.82) is 0 Å². The van der Waals surface area contributed by atoms with Crippen LogP contribution >= 0.6 is 0 Å². The van der Waals surface area contributed by atoms with Crippen LogP contribution in [0.25, 0.3) is 4.13 Å². The van der Waals surface area contributed by atoms with Crippen molar-refractivity contribution in [3.8, 4) is 0 Å². The average Bonchev–Trinajstić information content (AvgIpc) is 2.70. The molecule has 0 heterocycles. The number of ether oxygens (including phenoxy) is 1. The number of rotatable bonds is 13. The predicted octanol–water partition coefficient (Wildman–Crippen LogP) is 5.44. The van der Waals surface area contributed by atoms with E-state index in [1.165, 1.54) is 0 Å². The lowest BCUT2D eigenvalue weighted by Crippen LogP contribution is -2.51. The van der Waals surface area contributed by atoms with E-state index in [2.05, 4.69) is 27.4 Å². The molecule has 0 amide bonds. The van der Waals surface area contributed by atoms with Crippen molar-refractivity contribution in [2.75, 3.05) is 26.4 Å². The molecule has 0 saturated carbocycles. The van der Waals surface area contributed by atoms with Gasteiger partial charge in [0.15, 0.2) is 20.0 Å². The molecule has 20 heteroatoms. The third-order valence-electron chi connectivity index (χ3n) is 4.42. The molecule has 0 aliphatic rings. The van der Waals surface area contributed by atoms with Crippen molar-refractivity contribution in [2.45, 2.75) is 69.8 Å². The van der Waals surface area contributed by atoms with Crippen LogP contribution in [-0.4, -0.2) is 76.5 Å². The summed E-state index contributed by atoms with van der Waals surface area (Å²) in [5.74, 6) is -0.268. The first-order valence-electron chi connectivity index (χ1n) is 10.5. The highest BCUT2D eigenvalue weighted by molar-refractivity contribution is 8.13. The molecular formula is C18H28F10N2O6S2. The Morgan fingerprint density at radius 2 is 1.03 bits per heavy atom. The molecule has 0 aliphatic carbocycles. The Morgan fingerprint density at radius 3 is 1.24 bits per heavy atom. The maximum absolute atomic E-state index is 12.3. The van der Waals surface area contributed by atoms with E-state index in [4.69, 9.17) is 4.74 Å². The number of hydrogen-bond acceptors (Lipinski definition) is 6. The van der Waals surface area contributed by atoms with Crippen LogP contribution in [0.15, 0.2) is 12.2 Å². The van der Waals surface area contributed by atoms with Gasteiger partial charge in [0.25, 0.3) is 0 Å². The summed E-state index contributed by atoms with van der Waals surface area (Å²) in [6, 6.07) is 0. The van der Waals surface area contributed by atoms with Crippen LogP contribution in [0.1, 0.15) is 47.0 Å². The van der Waals surface area contributed by atoms with Crippen LogP contribution in [0.4, 0.5) is 43.9 Å². The van der Waals surface area contributed by atoms with Gasteiger partial charge in [-0.2, -0.15) is 43.9 Å². The smallest absolute Gasteiger partial charge is 0.425 e. The maximum Gasteiger partial charge on any atom is 0.467 e. The predicted molar refractivity (Wildman–Crippen MR) is 115 cm³/mol. The number of hydrogen-bond donors (Lipinski definition) is 0. The molecule has 0 aromatic carbocycles. The molecule has 0 unspecified atom stereocenters. The first-order valence-corrected chi connectivity index (χ1v) is 13.4. The summed E-state index contributed by atoms with van der Waals surface area (Å²) in [7, 11) is -15.2. The molecule has 0 fully saturated rings. The molecule has 228 valence electrons. The number of quaternary nitrogens is 1. The Balaban J connectivity index is 0. The zero-order valence-corrected chi connectivity index (χ0v) is 22.2. The zero-order chi connectivity index (χ0) is 31.0. The van der Waals surface area contributed by atoms with Gasteiger partial charge in [0.05, 0.1) is 19.6 Å². The highest BCUT2D eigenvalue weighted by Gasteiger charge is 2.68. The minimum absolute atomic E-state index is 0.268. The van der Waals surface area contributed by atoms with E-state index >= 15 is 0 Å². The van der Waals surface area contributed by atoms with E-state index in [-0.39, 0.29) is 5.97 Å². The fraction of sp³-hybridized carbons (Fsp3) is 0.833. The molecule has 0 atom stereocenters. The van der Waals surface area contributed by atoms with Crippen molar-refractivity contribution in [3.05, 3.63) is 16.3 Å². The lowest BCUT2D eigenvalue weighted by Gasteiger charge is -2.37. The molecule has 8 nitrogen and oxygen atoms in total. The second kappa shape index (κ2) is 13.6. The minimum atomic E-state index is -7.62. The molecule has 38 heavy (non-hydrogen) atoms. The van der Waals surface area contributed by atoms with Crippen LogP contribution in [0.5, 0.6) is 0 Å². The summed E-state index contributed by atoms with van der Waals surface area (Å²) in [5, 5.41) is -14.0. The molecule has 0 aliphatic heterocycles. The summed E-state index contributed by atoms with van der Waals surface area (Å²) in [5.41, 5.74) is 0.479. The van der Waals surface area contributed by atoms with E-state index in [1.54, 1.807) is 6.92 Å². The van der Waals surface area contributed by atoms with Gasteiger partial charge in [-0.25, -0.2) is 21.6 Å². The molecule has 0 rings (SSSR count). The minimum Gasteiger partial charge on any atom is -0.425 e. The highest BCUT2D eigenvalue weighted by Crippen LogP contribution is 2.47. The molecule has 0 aromatic rings. The van der Waals surface area contributed by atoms with Gasteiger partial charge in [-0.1, -0.05) is 27.4 Å². The summed E-state index contributed by atoms with van der Waals surface area (Å²) < 4.78 is 167. The largest absolute Gasteiger partial charge is 0.467 e. The van der Waals surface area contributed by atoms with E-state index in [9.17, 15) is 65.5 Å². The van der Waals surface area contributed by atoms with Gasteiger partial charge in [-0.3, -0.25) is 4.48 Å². The molecule has 0 saturated heterocycles. The second-order valence-electron chi connectivity index (χ2n) is 7.91. The first-order chi connectivity index (χ1) is 16.7. The van der Waals surface area contributed by atoms with Crippen LogP contribution in [0, 0.1) is 0 Å². The Labute approximate surface area is 213 Å². The monoisotopic (exact) mass is 622 g/mol. The normalized spacial score (nSPS) is 13.9. The summed E-state index contributed by atoms with van der Waals surface area (Å²) in [6.07, 6.45) is -10.7. The third kappa shape index (κ3) is 9.82. The van der Waals surface area contributed by atoms with Gasteiger partial charge in [0, 0.05) is 5.57 Å². The molecule has 0 aromatic heterocycles. The molecule has 0 spiro atoms. The number of carbonyl (C=O) groups is 1. The Morgan fingerprint density at radius 1 is 0.737 bits per heavy atom. The van der Waals surface area contributed by atoms with Crippen molar-refractivity contribution in [2.24, 2.45) is 0 Å². The molecule has 0 bridgehead atoms. The molecular weight excluding hydrogens is 594 g/mol. The number of carbonyl (C=O) groups excluding carboxylic acids is 1. The van der Waals surface area contributed by atoms with Gasteiger partial charge >= 0.3 is 28.8 Å². The van der Waals surface area contributed by atoms with Crippen molar-refractivity contribution < 1.29 is 74.8 Å². The summed E-state index contributed by atoms with van der Waals surface area (Å²) >= 11 is 0. The van der Waals surface area contributed by atoms with Gasteiger partial charge in [-0.15, -0.1) is 0 Å². The van der Waals surface area contributed by atoms with Crippen LogP contribution < -0.4 is 0 Å². The van der Waals surface area contributed by atoms with E-state index in [0.29, 0.717) is 16.4 Å². The van der Waals surface area contributed by atoms with Gasteiger partial charge in [-0.05, 0) is 26.2 Å². The van der Waals surface area contributed by atoms with Gasteiger partial charge < -0.3 is 8.86 Å². The van der Waals surface area contributed by atoms with Crippen LogP contribution in [0.3, 0.4) is 0 Å². The van der Waals surface area contributed by atoms with E-state index in [0.717, 1.165) is 43.4 Å². The summed E-state index contributed by atoms with van der Waals surface area (Å²) in [6.45, 7) is 15.6. The summed E-state index contributed by atoms with van der Waals surface area (Å²) in [4.78, 5) is 11.5. The Bertz CT molecular complexity index is 939. The molecule has 0 N–H and O–H groups in total. The average molecular weight is 623 g/mol. The van der Waals surface area contributed by atoms with Crippen molar-refractivity contribution in [1.82, 2.24) is 0 Å². The number of halogens is 10. The number of esters is 1. The first kappa shape index (κ1) is 38.5. The van der Waals surface area contributed by atoms with Crippen molar-refractivity contribution in [3.63, 3.8) is 0 Å². The standard InChI is InChI=1S/C14H28NO2.C4F10NO4S2/c1-6-9-15(10-7-2,11-8-3)12-17-14(16)13(4)5;5-1(6,7)3(11,12)20(16,17)15-21(18,19)4(13,14)2(8,9)10/h4,6-12H2,1-3,5H3;/q+1;-1. The number of nitrogens with zero attached hydrogens (tertiary/aromatic N) is 2. The zero-order valence-electron chi connectivity index (χ0n) is 20.6. The fourth-order valence-electron chi connectivity index (χ4n) is 2.79. The van der Waals surface area contributed by atoms with E-state index < -0.39 is 42.9 Å². The van der Waals surface area contributed by atoms with Crippen LogP contribution in [0.2, 0.25) is 0 Å². The Kier molecular flexibility index (Phi) is 13.8. The lowest BCUT2D eigenvalue weighted by molar-refractivity contribution is -0.943. The topological polar surface area (TPSA) is 109 Å². The van der Waals surface area contributed by atoms with Crippen LogP contribution in [-0.2, 0) is 29.6 Å². The maximum atomic E-state index is 12.3. The highest BCUT2D eigenvalue weighted by atomic mass is 32.3. The second-order valence-corrected chi connectivity index (χ2v) is 11.4. The lowest BCUT2D eigenvalue weighted by atomic mass is 10.2.